The minimum Gasteiger partial charge on any atom is -0.0885 e. The van der Waals surface area contributed by atoms with E-state index in [4.69, 9.17) is 11.6 Å². The van der Waals surface area contributed by atoms with Crippen LogP contribution in [0.5, 0.6) is 0 Å². The highest BCUT2D eigenvalue weighted by atomic mass is 35.5. The molecule has 0 aliphatic heterocycles. The highest BCUT2D eigenvalue weighted by molar-refractivity contribution is 6.30. The van der Waals surface area contributed by atoms with E-state index in [1.807, 2.05) is 12.1 Å². The zero-order valence-electron chi connectivity index (χ0n) is 15.1. The molecule has 0 unspecified atom stereocenters. The standard InChI is InChI=1S/C24H27Cl/c1-2-3-4-17-5-13-23-20(15-17)6-7-21-16-19(10-14-24(21)23)18-8-11-22(25)12-9-18/h3-4,6-9,11-12,17,19H,2,5,10,13-16H2,1H3/b4-3+/t17-,19-/m0/s1. The van der Waals surface area contributed by atoms with Crippen molar-refractivity contribution in [2.24, 2.45) is 5.92 Å². The molecule has 0 radical (unpaired) electrons. The smallest absolute Gasteiger partial charge is 0.0406 e. The van der Waals surface area contributed by atoms with Crippen LogP contribution in [0.3, 0.4) is 0 Å². The Morgan fingerprint density at radius 1 is 0.920 bits per heavy atom. The number of benzene rings is 2. The molecule has 0 fully saturated rings. The van der Waals surface area contributed by atoms with Gasteiger partial charge in [0.15, 0.2) is 0 Å². The molecule has 2 aromatic rings. The van der Waals surface area contributed by atoms with Gasteiger partial charge in [-0.2, -0.15) is 0 Å². The maximum Gasteiger partial charge on any atom is 0.0406 e. The first-order valence-corrected chi connectivity index (χ1v) is 10.2. The molecule has 2 aliphatic carbocycles. The molecule has 25 heavy (non-hydrogen) atoms. The predicted molar refractivity (Wildman–Crippen MR) is 108 cm³/mol. The Bertz CT molecular complexity index is 769. The minimum atomic E-state index is 0.645. The van der Waals surface area contributed by atoms with E-state index < -0.39 is 0 Å². The van der Waals surface area contributed by atoms with Crippen LogP contribution in [0.1, 0.15) is 59.9 Å². The molecule has 130 valence electrons. The molecule has 0 bridgehead atoms. The van der Waals surface area contributed by atoms with E-state index in [1.54, 1.807) is 22.3 Å². The van der Waals surface area contributed by atoms with Crippen molar-refractivity contribution in [3.05, 3.63) is 81.4 Å². The average Bonchev–Trinajstić information content (AvgIpc) is 2.66. The largest absolute Gasteiger partial charge is 0.0885 e. The second-order valence-electron chi connectivity index (χ2n) is 7.67. The highest BCUT2D eigenvalue weighted by Gasteiger charge is 2.26. The molecule has 0 nitrogen and oxygen atoms in total. The number of rotatable bonds is 3. The van der Waals surface area contributed by atoms with Gasteiger partial charge in [-0.05, 0) is 96.7 Å². The zero-order valence-corrected chi connectivity index (χ0v) is 15.9. The molecule has 4 rings (SSSR count). The van der Waals surface area contributed by atoms with Gasteiger partial charge >= 0.3 is 0 Å². The Balaban J connectivity index is 1.55. The van der Waals surface area contributed by atoms with Crippen molar-refractivity contribution in [3.8, 4) is 0 Å². The quantitative estimate of drug-likeness (QED) is 0.541. The first kappa shape index (κ1) is 16.9. The molecule has 0 saturated heterocycles. The summed E-state index contributed by atoms with van der Waals surface area (Å²) in [5, 5.41) is 0.834. The van der Waals surface area contributed by atoms with Crippen LogP contribution in [0.15, 0.2) is 48.6 Å². The molecular formula is C24H27Cl. The van der Waals surface area contributed by atoms with Crippen molar-refractivity contribution in [2.75, 3.05) is 0 Å². The van der Waals surface area contributed by atoms with Crippen LogP contribution in [0.4, 0.5) is 0 Å². The van der Waals surface area contributed by atoms with Crippen LogP contribution in [0.2, 0.25) is 5.02 Å². The maximum atomic E-state index is 6.05. The summed E-state index contributed by atoms with van der Waals surface area (Å²) in [5.74, 6) is 1.39. The van der Waals surface area contributed by atoms with Crippen LogP contribution < -0.4 is 0 Å². The third-order valence-electron chi connectivity index (χ3n) is 6.07. The summed E-state index contributed by atoms with van der Waals surface area (Å²) in [6.07, 6.45) is 13.4. The van der Waals surface area contributed by atoms with E-state index in [1.165, 1.54) is 44.1 Å². The van der Waals surface area contributed by atoms with E-state index in [0.717, 1.165) is 17.4 Å². The van der Waals surface area contributed by atoms with Crippen molar-refractivity contribution < 1.29 is 0 Å². The predicted octanol–water partition coefficient (Wildman–Crippen LogP) is 6.68. The Morgan fingerprint density at radius 3 is 2.32 bits per heavy atom. The summed E-state index contributed by atoms with van der Waals surface area (Å²) < 4.78 is 0. The van der Waals surface area contributed by atoms with Crippen LogP contribution in [-0.2, 0) is 25.7 Å². The summed E-state index contributed by atoms with van der Waals surface area (Å²) in [5.41, 5.74) is 8.01. The van der Waals surface area contributed by atoms with Crippen molar-refractivity contribution in [1.82, 2.24) is 0 Å². The first-order valence-electron chi connectivity index (χ1n) is 9.79. The van der Waals surface area contributed by atoms with Gasteiger partial charge in [-0.15, -0.1) is 0 Å². The monoisotopic (exact) mass is 350 g/mol. The molecule has 2 aliphatic rings. The average molecular weight is 351 g/mol. The molecule has 2 aromatic carbocycles. The number of halogens is 1. The molecule has 0 amide bonds. The summed E-state index contributed by atoms with van der Waals surface area (Å²) >= 11 is 6.05. The van der Waals surface area contributed by atoms with Crippen LogP contribution in [0.25, 0.3) is 0 Å². The van der Waals surface area contributed by atoms with Gasteiger partial charge in [-0.3, -0.25) is 0 Å². The van der Waals surface area contributed by atoms with E-state index in [-0.39, 0.29) is 0 Å². The maximum absolute atomic E-state index is 6.05. The SMILES string of the molecule is CC/C=C/[C@H]1CCc2c(ccc3c2CC[C@H](c2ccc(Cl)cc2)C3)C1. The van der Waals surface area contributed by atoms with Crippen LogP contribution in [-0.4, -0.2) is 0 Å². The molecule has 0 aromatic heterocycles. The van der Waals surface area contributed by atoms with Gasteiger partial charge in [-0.1, -0.05) is 54.9 Å². The number of fused-ring (bicyclic) bond motifs is 3. The highest BCUT2D eigenvalue weighted by Crippen LogP contribution is 2.38. The Labute approximate surface area is 156 Å². The van der Waals surface area contributed by atoms with Gasteiger partial charge in [0, 0.05) is 5.02 Å². The second-order valence-corrected chi connectivity index (χ2v) is 8.11. The summed E-state index contributed by atoms with van der Waals surface area (Å²) in [6, 6.07) is 13.3. The van der Waals surface area contributed by atoms with Crippen molar-refractivity contribution >= 4 is 11.6 Å². The van der Waals surface area contributed by atoms with Gasteiger partial charge in [0.25, 0.3) is 0 Å². The molecule has 1 heteroatoms. The third kappa shape index (κ3) is 3.55. The topological polar surface area (TPSA) is 0 Å². The van der Waals surface area contributed by atoms with Gasteiger partial charge in [0.2, 0.25) is 0 Å². The van der Waals surface area contributed by atoms with E-state index >= 15 is 0 Å². The fraction of sp³-hybridized carbons (Fsp3) is 0.417. The van der Waals surface area contributed by atoms with E-state index in [2.05, 4.69) is 43.3 Å². The zero-order chi connectivity index (χ0) is 17.2. The summed E-state index contributed by atoms with van der Waals surface area (Å²) in [4.78, 5) is 0. The van der Waals surface area contributed by atoms with Crippen LogP contribution in [0, 0.1) is 5.92 Å². The Morgan fingerprint density at radius 2 is 1.60 bits per heavy atom. The molecule has 0 heterocycles. The van der Waals surface area contributed by atoms with Crippen LogP contribution >= 0.6 is 11.6 Å². The van der Waals surface area contributed by atoms with Crippen molar-refractivity contribution in [3.63, 3.8) is 0 Å². The molecule has 0 saturated carbocycles. The summed E-state index contributed by atoms with van der Waals surface area (Å²) in [7, 11) is 0. The van der Waals surface area contributed by atoms with Gasteiger partial charge in [-0.25, -0.2) is 0 Å². The van der Waals surface area contributed by atoms with E-state index in [0.29, 0.717) is 5.92 Å². The Kier molecular flexibility index (Phi) is 4.99. The normalized spacial score (nSPS) is 22.6. The lowest BCUT2D eigenvalue weighted by atomic mass is 9.74. The fourth-order valence-corrected chi connectivity index (χ4v) is 4.83. The molecule has 2 atom stereocenters. The molecule has 0 spiro atoms. The minimum absolute atomic E-state index is 0.645. The Hall–Kier alpha value is -1.53. The van der Waals surface area contributed by atoms with Crippen molar-refractivity contribution in [2.45, 2.75) is 57.8 Å². The fourth-order valence-electron chi connectivity index (χ4n) is 4.71. The lowest BCUT2D eigenvalue weighted by Gasteiger charge is -2.31. The molecular weight excluding hydrogens is 324 g/mol. The van der Waals surface area contributed by atoms with Crippen molar-refractivity contribution in [1.29, 1.82) is 0 Å². The van der Waals surface area contributed by atoms with E-state index in [9.17, 15) is 0 Å². The number of hydrogen-bond donors (Lipinski definition) is 0. The lowest BCUT2D eigenvalue weighted by molar-refractivity contribution is 0.533. The lowest BCUT2D eigenvalue weighted by Crippen LogP contribution is -2.20. The first-order chi connectivity index (χ1) is 12.2. The number of hydrogen-bond acceptors (Lipinski definition) is 0. The van der Waals surface area contributed by atoms with Gasteiger partial charge in [0.05, 0.1) is 0 Å². The second kappa shape index (κ2) is 7.38. The van der Waals surface area contributed by atoms with Gasteiger partial charge in [0.1, 0.15) is 0 Å². The third-order valence-corrected chi connectivity index (χ3v) is 6.32. The number of allylic oxidation sites excluding steroid dienone is 2. The summed E-state index contributed by atoms with van der Waals surface area (Å²) in [6.45, 7) is 2.22. The molecule has 0 N–H and O–H groups in total. The van der Waals surface area contributed by atoms with Gasteiger partial charge < -0.3 is 0 Å².